The third-order valence-electron chi connectivity index (χ3n) is 4.18. The largest absolute Gasteiger partial charge is 0.383 e. The van der Waals surface area contributed by atoms with Crippen LogP contribution in [-0.2, 0) is 18.7 Å². The van der Waals surface area contributed by atoms with Crippen molar-refractivity contribution in [3.05, 3.63) is 46.1 Å². The summed E-state index contributed by atoms with van der Waals surface area (Å²) in [6, 6.07) is 6.50. The maximum atomic E-state index is 13.0. The quantitative estimate of drug-likeness (QED) is 0.570. The molecule has 0 spiro atoms. The van der Waals surface area contributed by atoms with Gasteiger partial charge in [0, 0.05) is 23.7 Å². The molecule has 124 valence electrons. The van der Waals surface area contributed by atoms with E-state index in [1.807, 2.05) is 0 Å². The minimum atomic E-state index is -0.222. The summed E-state index contributed by atoms with van der Waals surface area (Å²) in [5.74, 6) is 1.04. The van der Waals surface area contributed by atoms with Crippen LogP contribution in [0.1, 0.15) is 16.0 Å². The molecule has 2 aromatic heterocycles. The van der Waals surface area contributed by atoms with Gasteiger partial charge in [-0.2, -0.15) is 0 Å². The average Bonchev–Trinajstić information content (AvgIpc) is 2.92. The number of thioether (sulfide) groups is 1. The molecule has 7 heteroatoms. The summed E-state index contributed by atoms with van der Waals surface area (Å²) < 4.78 is 13.0. The van der Waals surface area contributed by atoms with Gasteiger partial charge in [0.1, 0.15) is 16.5 Å². The fourth-order valence-corrected chi connectivity index (χ4v) is 5.10. The molecule has 0 aliphatic carbocycles. The van der Waals surface area contributed by atoms with Crippen LogP contribution in [-0.4, -0.2) is 28.5 Å². The Morgan fingerprint density at radius 3 is 2.88 bits per heavy atom. The summed E-state index contributed by atoms with van der Waals surface area (Å²) in [5.41, 5.74) is 8.59. The van der Waals surface area contributed by atoms with E-state index in [0.29, 0.717) is 16.7 Å². The average molecular weight is 360 g/mol. The van der Waals surface area contributed by atoms with Crippen molar-refractivity contribution in [1.82, 2.24) is 14.9 Å². The first kappa shape index (κ1) is 15.8. The summed E-state index contributed by atoms with van der Waals surface area (Å²) in [6.07, 6.45) is 1.00. The van der Waals surface area contributed by atoms with Crippen molar-refractivity contribution in [3.63, 3.8) is 0 Å². The summed E-state index contributed by atoms with van der Waals surface area (Å²) in [7, 11) is 2.13. The van der Waals surface area contributed by atoms with E-state index in [1.165, 1.54) is 34.3 Å². The second-order valence-corrected chi connectivity index (χ2v) is 8.00. The number of likely N-dealkylation sites (N-methyl/N-ethyl adjacent to an activating group) is 1. The number of fused-ring (bicyclic) bond motifs is 3. The molecule has 0 radical (unpaired) electrons. The Morgan fingerprint density at radius 2 is 2.08 bits per heavy atom. The first-order valence-corrected chi connectivity index (χ1v) is 9.54. The normalized spacial score (nSPS) is 14.9. The van der Waals surface area contributed by atoms with E-state index in [2.05, 4.69) is 16.9 Å². The molecule has 1 aromatic carbocycles. The predicted molar refractivity (Wildman–Crippen MR) is 97.8 cm³/mol. The summed E-state index contributed by atoms with van der Waals surface area (Å²) in [6.45, 7) is 1.99. The van der Waals surface area contributed by atoms with Gasteiger partial charge in [0.2, 0.25) is 0 Å². The molecule has 0 amide bonds. The molecule has 0 bridgehead atoms. The van der Waals surface area contributed by atoms with Crippen molar-refractivity contribution in [1.29, 1.82) is 0 Å². The second-order valence-electron chi connectivity index (χ2n) is 5.98. The van der Waals surface area contributed by atoms with Gasteiger partial charge in [-0.3, -0.25) is 0 Å². The summed E-state index contributed by atoms with van der Waals surface area (Å²) in [4.78, 5) is 13.8. The van der Waals surface area contributed by atoms with E-state index in [4.69, 9.17) is 10.7 Å². The van der Waals surface area contributed by atoms with E-state index in [1.54, 1.807) is 23.5 Å². The monoisotopic (exact) mass is 360 g/mol. The van der Waals surface area contributed by atoms with Crippen LogP contribution in [0.2, 0.25) is 0 Å². The number of thiophene rings is 1. The zero-order valence-electron chi connectivity index (χ0n) is 13.3. The number of nitrogens with two attached hydrogens (primary N) is 1. The van der Waals surface area contributed by atoms with E-state index in [-0.39, 0.29) is 5.82 Å². The third kappa shape index (κ3) is 2.99. The Bertz CT molecular complexity index is 892. The number of hydrogen-bond donors (Lipinski definition) is 1. The van der Waals surface area contributed by atoms with Gasteiger partial charge in [-0.25, -0.2) is 14.4 Å². The Balaban J connectivity index is 1.62. The number of nitrogens with zero attached hydrogens (tertiary/aromatic N) is 3. The molecule has 4 nitrogen and oxygen atoms in total. The van der Waals surface area contributed by atoms with E-state index in [9.17, 15) is 4.39 Å². The van der Waals surface area contributed by atoms with Gasteiger partial charge < -0.3 is 10.6 Å². The number of nitrogen functional groups attached to an aromatic ring is 1. The van der Waals surface area contributed by atoms with Gasteiger partial charge in [-0.05, 0) is 36.7 Å². The number of aromatic nitrogens is 2. The van der Waals surface area contributed by atoms with E-state index >= 15 is 0 Å². The number of hydrogen-bond acceptors (Lipinski definition) is 6. The first-order valence-electron chi connectivity index (χ1n) is 7.73. The SMILES string of the molecule is CN1CCc2c(sc3nc(SCc4ccc(F)cc4)nc(N)c23)C1. The molecule has 1 aliphatic heterocycles. The zero-order chi connectivity index (χ0) is 16.7. The molecule has 3 aromatic rings. The fraction of sp³-hybridized carbons (Fsp3) is 0.294. The Kier molecular flexibility index (Phi) is 4.15. The molecular formula is C17H17FN4S2. The molecule has 3 heterocycles. The lowest BCUT2D eigenvalue weighted by molar-refractivity contribution is 0.318. The number of benzene rings is 1. The molecule has 1 aliphatic rings. The van der Waals surface area contributed by atoms with Crippen LogP contribution in [0, 0.1) is 5.82 Å². The van der Waals surface area contributed by atoms with Crippen molar-refractivity contribution >= 4 is 39.1 Å². The van der Waals surface area contributed by atoms with Crippen LogP contribution in [0.4, 0.5) is 10.2 Å². The highest BCUT2D eigenvalue weighted by atomic mass is 32.2. The van der Waals surface area contributed by atoms with E-state index < -0.39 is 0 Å². The lowest BCUT2D eigenvalue weighted by Gasteiger charge is -2.22. The standard InChI is InChI=1S/C17H17FN4S2/c1-22-7-6-12-13(8-22)24-16-14(12)15(19)20-17(21-16)23-9-10-2-4-11(18)5-3-10/h2-5H,6-9H2,1H3,(H2,19,20,21). The highest BCUT2D eigenvalue weighted by Crippen LogP contribution is 2.37. The number of rotatable bonds is 3. The highest BCUT2D eigenvalue weighted by molar-refractivity contribution is 7.98. The fourth-order valence-electron chi connectivity index (χ4n) is 2.92. The molecule has 2 N–H and O–H groups in total. The second kappa shape index (κ2) is 6.31. The molecule has 0 unspecified atom stereocenters. The van der Waals surface area contributed by atoms with Crippen LogP contribution in [0.3, 0.4) is 0 Å². The number of anilines is 1. The van der Waals surface area contributed by atoms with Crippen molar-refractivity contribution < 1.29 is 4.39 Å². The Hall–Kier alpha value is -1.70. The predicted octanol–water partition coefficient (Wildman–Crippen LogP) is 3.69. The minimum Gasteiger partial charge on any atom is -0.383 e. The molecule has 4 rings (SSSR count). The maximum Gasteiger partial charge on any atom is 0.191 e. The van der Waals surface area contributed by atoms with Gasteiger partial charge in [-0.1, -0.05) is 23.9 Å². The maximum absolute atomic E-state index is 13.0. The molecular weight excluding hydrogens is 343 g/mol. The minimum absolute atomic E-state index is 0.222. The molecule has 0 fully saturated rings. The smallest absolute Gasteiger partial charge is 0.191 e. The van der Waals surface area contributed by atoms with Gasteiger partial charge in [-0.15, -0.1) is 11.3 Å². The molecule has 0 saturated heterocycles. The molecule has 0 saturated carbocycles. The molecule has 24 heavy (non-hydrogen) atoms. The van der Waals surface area contributed by atoms with Gasteiger partial charge in [0.25, 0.3) is 0 Å². The zero-order valence-corrected chi connectivity index (χ0v) is 14.9. The van der Waals surface area contributed by atoms with Crippen molar-refractivity contribution in [3.8, 4) is 0 Å². The van der Waals surface area contributed by atoms with Crippen LogP contribution in [0.15, 0.2) is 29.4 Å². The lowest BCUT2D eigenvalue weighted by Crippen LogP contribution is -2.25. The summed E-state index contributed by atoms with van der Waals surface area (Å²) in [5, 5.41) is 1.71. The number of halogens is 1. The van der Waals surface area contributed by atoms with Crippen LogP contribution >= 0.6 is 23.1 Å². The van der Waals surface area contributed by atoms with Crippen LogP contribution < -0.4 is 5.73 Å². The van der Waals surface area contributed by atoms with Gasteiger partial charge in [0.05, 0.1) is 5.39 Å². The highest BCUT2D eigenvalue weighted by Gasteiger charge is 2.22. The van der Waals surface area contributed by atoms with Crippen LogP contribution in [0.25, 0.3) is 10.2 Å². The van der Waals surface area contributed by atoms with E-state index in [0.717, 1.165) is 35.3 Å². The van der Waals surface area contributed by atoms with Crippen molar-refractivity contribution in [2.24, 2.45) is 0 Å². The van der Waals surface area contributed by atoms with Crippen molar-refractivity contribution in [2.45, 2.75) is 23.9 Å². The first-order chi connectivity index (χ1) is 11.6. The van der Waals surface area contributed by atoms with Gasteiger partial charge in [0.15, 0.2) is 5.16 Å². The Morgan fingerprint density at radius 1 is 1.29 bits per heavy atom. The van der Waals surface area contributed by atoms with Crippen molar-refractivity contribution in [2.75, 3.05) is 19.3 Å². The molecule has 0 atom stereocenters. The summed E-state index contributed by atoms with van der Waals surface area (Å²) >= 11 is 3.25. The van der Waals surface area contributed by atoms with Crippen LogP contribution in [0.5, 0.6) is 0 Å². The Labute approximate surface area is 147 Å². The third-order valence-corrected chi connectivity index (χ3v) is 6.21. The topological polar surface area (TPSA) is 55.0 Å². The lowest BCUT2D eigenvalue weighted by atomic mass is 10.1. The van der Waals surface area contributed by atoms with Gasteiger partial charge >= 0.3 is 0 Å².